The molecule has 3 rings (SSSR count). The van der Waals surface area contributed by atoms with E-state index < -0.39 is 5.97 Å². The number of esters is 1. The molecular weight excluding hydrogens is 410 g/mol. The fourth-order valence-electron chi connectivity index (χ4n) is 3.38. The van der Waals surface area contributed by atoms with Crippen molar-refractivity contribution >= 4 is 45.0 Å². The van der Waals surface area contributed by atoms with Gasteiger partial charge in [0, 0.05) is 22.5 Å². The molecule has 1 aromatic carbocycles. The van der Waals surface area contributed by atoms with Gasteiger partial charge in [-0.25, -0.2) is 9.48 Å². The van der Waals surface area contributed by atoms with Crippen LogP contribution in [0.3, 0.4) is 0 Å². The standard InChI is InChI=1S/C21H24ClN3O3S/c1-12(2)24(13(3)4)19(26)11-28-21(27)18-10-17-14(5)23-25(20(17)29-18)16-8-6-7-15(22)9-16/h6-10,12-13H,11H2,1-5H3. The lowest BCUT2D eigenvalue weighted by Gasteiger charge is -2.30. The van der Waals surface area contributed by atoms with Crippen LogP contribution in [0.5, 0.6) is 0 Å². The number of hydrogen-bond donors (Lipinski definition) is 0. The van der Waals surface area contributed by atoms with Gasteiger partial charge in [-0.1, -0.05) is 17.7 Å². The molecule has 0 aliphatic carbocycles. The number of amides is 1. The molecule has 154 valence electrons. The lowest BCUT2D eigenvalue weighted by atomic mass is 10.2. The summed E-state index contributed by atoms with van der Waals surface area (Å²) < 4.78 is 7.07. The number of nitrogens with zero attached hydrogens (tertiary/aromatic N) is 3. The summed E-state index contributed by atoms with van der Waals surface area (Å²) in [6.07, 6.45) is 0. The molecule has 0 fully saturated rings. The third-order valence-corrected chi connectivity index (χ3v) is 5.85. The lowest BCUT2D eigenvalue weighted by molar-refractivity contribution is -0.138. The van der Waals surface area contributed by atoms with Crippen LogP contribution in [0.4, 0.5) is 0 Å². The molecule has 1 amide bonds. The van der Waals surface area contributed by atoms with Gasteiger partial charge in [0.2, 0.25) is 0 Å². The largest absolute Gasteiger partial charge is 0.451 e. The fourth-order valence-corrected chi connectivity index (χ4v) is 4.64. The maximum Gasteiger partial charge on any atom is 0.348 e. The van der Waals surface area contributed by atoms with Gasteiger partial charge >= 0.3 is 5.97 Å². The lowest BCUT2D eigenvalue weighted by Crippen LogP contribution is -2.44. The average Bonchev–Trinajstić information content (AvgIpc) is 3.20. The van der Waals surface area contributed by atoms with E-state index in [4.69, 9.17) is 16.3 Å². The summed E-state index contributed by atoms with van der Waals surface area (Å²) in [6.45, 7) is 9.37. The van der Waals surface area contributed by atoms with Crippen molar-refractivity contribution in [1.82, 2.24) is 14.7 Å². The Hall–Kier alpha value is -2.38. The summed E-state index contributed by atoms with van der Waals surface area (Å²) in [5, 5.41) is 6.04. The molecule has 0 aliphatic rings. The molecule has 3 aromatic rings. The minimum Gasteiger partial charge on any atom is -0.451 e. The summed E-state index contributed by atoms with van der Waals surface area (Å²) in [6, 6.07) is 9.21. The number of fused-ring (bicyclic) bond motifs is 1. The second-order valence-electron chi connectivity index (χ2n) is 7.37. The smallest absolute Gasteiger partial charge is 0.348 e. The van der Waals surface area contributed by atoms with E-state index in [-0.39, 0.29) is 24.6 Å². The molecule has 0 radical (unpaired) electrons. The highest BCUT2D eigenvalue weighted by atomic mass is 35.5. The van der Waals surface area contributed by atoms with E-state index in [9.17, 15) is 9.59 Å². The van der Waals surface area contributed by atoms with Crippen molar-refractivity contribution in [1.29, 1.82) is 0 Å². The van der Waals surface area contributed by atoms with Gasteiger partial charge in [0.05, 0.1) is 11.4 Å². The van der Waals surface area contributed by atoms with Gasteiger partial charge in [0.25, 0.3) is 5.91 Å². The average molecular weight is 434 g/mol. The molecule has 0 unspecified atom stereocenters. The SMILES string of the molecule is Cc1nn(-c2cccc(Cl)c2)c2sc(C(=O)OCC(=O)N(C(C)C)C(C)C)cc12. The highest BCUT2D eigenvalue weighted by Crippen LogP contribution is 2.31. The quantitative estimate of drug-likeness (QED) is 0.521. The Balaban J connectivity index is 1.81. The Labute approximate surface area is 179 Å². The Bertz CT molecular complexity index is 1050. The van der Waals surface area contributed by atoms with Crippen LogP contribution < -0.4 is 0 Å². The maximum absolute atomic E-state index is 12.6. The van der Waals surface area contributed by atoms with Crippen LogP contribution in [-0.2, 0) is 9.53 Å². The summed E-state index contributed by atoms with van der Waals surface area (Å²) in [5.41, 5.74) is 1.62. The van der Waals surface area contributed by atoms with Crippen molar-refractivity contribution in [3.05, 3.63) is 45.9 Å². The van der Waals surface area contributed by atoms with Crippen molar-refractivity contribution in [2.24, 2.45) is 0 Å². The van der Waals surface area contributed by atoms with Gasteiger partial charge in [-0.05, 0) is 58.9 Å². The third-order valence-electron chi connectivity index (χ3n) is 4.53. The van der Waals surface area contributed by atoms with E-state index in [2.05, 4.69) is 5.10 Å². The molecule has 6 nitrogen and oxygen atoms in total. The molecule has 0 aliphatic heterocycles. The van der Waals surface area contributed by atoms with Crippen LogP contribution in [0.25, 0.3) is 15.9 Å². The van der Waals surface area contributed by atoms with E-state index in [1.807, 2.05) is 52.8 Å². The molecule has 0 bridgehead atoms. The van der Waals surface area contributed by atoms with E-state index in [0.717, 1.165) is 21.6 Å². The van der Waals surface area contributed by atoms with E-state index in [1.54, 1.807) is 21.7 Å². The van der Waals surface area contributed by atoms with Crippen LogP contribution in [-0.4, -0.2) is 45.2 Å². The number of ether oxygens (including phenoxy) is 1. The number of aromatic nitrogens is 2. The number of halogens is 1. The molecule has 2 aromatic heterocycles. The van der Waals surface area contributed by atoms with Crippen molar-refractivity contribution in [2.75, 3.05) is 6.61 Å². The molecule has 0 saturated heterocycles. The molecule has 0 atom stereocenters. The fraction of sp³-hybridized carbons (Fsp3) is 0.381. The van der Waals surface area contributed by atoms with Gasteiger partial charge in [-0.3, -0.25) is 4.79 Å². The first-order valence-corrected chi connectivity index (χ1v) is 10.6. The number of benzene rings is 1. The predicted octanol–water partition coefficient (Wildman–Crippen LogP) is 4.85. The number of hydrogen-bond acceptors (Lipinski definition) is 5. The first-order chi connectivity index (χ1) is 13.7. The Kier molecular flexibility index (Phi) is 6.29. The third kappa shape index (κ3) is 4.46. The summed E-state index contributed by atoms with van der Waals surface area (Å²) in [5.74, 6) is -0.713. The zero-order valence-corrected chi connectivity index (χ0v) is 18.7. The number of rotatable bonds is 6. The zero-order chi connectivity index (χ0) is 21.3. The molecule has 2 heterocycles. The predicted molar refractivity (Wildman–Crippen MR) is 116 cm³/mol. The van der Waals surface area contributed by atoms with E-state index >= 15 is 0 Å². The van der Waals surface area contributed by atoms with Crippen LogP contribution in [0.15, 0.2) is 30.3 Å². The molecule has 8 heteroatoms. The van der Waals surface area contributed by atoms with Crippen LogP contribution >= 0.6 is 22.9 Å². The van der Waals surface area contributed by atoms with Crippen LogP contribution in [0, 0.1) is 6.92 Å². The topological polar surface area (TPSA) is 64.4 Å². The molecule has 0 spiro atoms. The Morgan fingerprint density at radius 2 is 1.90 bits per heavy atom. The monoisotopic (exact) mass is 433 g/mol. The summed E-state index contributed by atoms with van der Waals surface area (Å²) in [4.78, 5) is 28.0. The van der Waals surface area contributed by atoms with Crippen LogP contribution in [0.2, 0.25) is 5.02 Å². The highest BCUT2D eigenvalue weighted by Gasteiger charge is 2.23. The number of carbonyl (C=O) groups excluding carboxylic acids is 2. The van der Waals surface area contributed by atoms with Crippen molar-refractivity contribution in [3.8, 4) is 5.69 Å². The van der Waals surface area contributed by atoms with Crippen molar-refractivity contribution in [3.63, 3.8) is 0 Å². The minimum absolute atomic E-state index is 0.0388. The molecule has 29 heavy (non-hydrogen) atoms. The zero-order valence-electron chi connectivity index (χ0n) is 17.1. The Morgan fingerprint density at radius 3 is 2.52 bits per heavy atom. The van der Waals surface area contributed by atoms with Gasteiger partial charge in [0.1, 0.15) is 9.71 Å². The van der Waals surface area contributed by atoms with Gasteiger partial charge in [-0.15, -0.1) is 11.3 Å². The first kappa shape index (κ1) is 21.3. The van der Waals surface area contributed by atoms with Gasteiger partial charge < -0.3 is 9.64 Å². The summed E-state index contributed by atoms with van der Waals surface area (Å²) >= 11 is 7.39. The second kappa shape index (κ2) is 8.55. The molecule has 0 N–H and O–H groups in total. The summed E-state index contributed by atoms with van der Waals surface area (Å²) in [7, 11) is 0. The number of aryl methyl sites for hydroxylation is 1. The minimum atomic E-state index is -0.510. The number of carbonyl (C=O) groups is 2. The van der Waals surface area contributed by atoms with Gasteiger partial charge in [-0.2, -0.15) is 5.10 Å². The van der Waals surface area contributed by atoms with Gasteiger partial charge in [0.15, 0.2) is 6.61 Å². The number of thiophene rings is 1. The molecular formula is C21H24ClN3O3S. The highest BCUT2D eigenvalue weighted by molar-refractivity contribution is 7.20. The van der Waals surface area contributed by atoms with Crippen molar-refractivity contribution in [2.45, 2.75) is 46.7 Å². The van der Waals surface area contributed by atoms with Crippen molar-refractivity contribution < 1.29 is 14.3 Å². The second-order valence-corrected chi connectivity index (χ2v) is 8.84. The van der Waals surface area contributed by atoms with Crippen LogP contribution in [0.1, 0.15) is 43.1 Å². The van der Waals surface area contributed by atoms with E-state index in [1.165, 1.54) is 11.3 Å². The Morgan fingerprint density at radius 1 is 1.21 bits per heavy atom. The first-order valence-electron chi connectivity index (χ1n) is 9.42. The van der Waals surface area contributed by atoms with E-state index in [0.29, 0.717) is 9.90 Å². The normalized spacial score (nSPS) is 11.4. The maximum atomic E-state index is 12.6. The molecule has 0 saturated carbocycles.